The number of ether oxygens (including phenoxy) is 3. The minimum atomic E-state index is -4.71. The van der Waals surface area contributed by atoms with Gasteiger partial charge >= 0.3 is 6.36 Å². The molecular weight excluding hydrogens is 340 g/mol. The van der Waals surface area contributed by atoms with Crippen molar-refractivity contribution in [2.45, 2.75) is 6.36 Å². The van der Waals surface area contributed by atoms with Crippen LogP contribution in [0.2, 0.25) is 0 Å². The molecule has 0 fully saturated rings. The predicted octanol–water partition coefficient (Wildman–Crippen LogP) is 3.17. The topological polar surface area (TPSA) is 27.7 Å². The first-order valence-corrected chi connectivity index (χ1v) is 5.16. The Hall–Kier alpha value is -0.700. The van der Waals surface area contributed by atoms with E-state index in [0.717, 1.165) is 6.07 Å². The van der Waals surface area contributed by atoms with Crippen LogP contribution in [-0.4, -0.2) is 20.3 Å². The zero-order chi connectivity index (χ0) is 12.2. The van der Waals surface area contributed by atoms with Crippen molar-refractivity contribution in [3.05, 3.63) is 21.8 Å². The molecule has 90 valence electrons. The van der Waals surface area contributed by atoms with Crippen LogP contribution < -0.4 is 9.47 Å². The summed E-state index contributed by atoms with van der Waals surface area (Å²) in [5, 5.41) is 0. The average molecular weight is 348 g/mol. The molecule has 3 nitrogen and oxygen atoms in total. The van der Waals surface area contributed by atoms with Crippen LogP contribution in [0.1, 0.15) is 0 Å². The number of benzene rings is 1. The van der Waals surface area contributed by atoms with Crippen molar-refractivity contribution < 1.29 is 27.4 Å². The van der Waals surface area contributed by atoms with Crippen LogP contribution in [0.25, 0.3) is 0 Å². The summed E-state index contributed by atoms with van der Waals surface area (Å²) >= 11 is 1.87. The third-order valence-electron chi connectivity index (χ3n) is 1.42. The van der Waals surface area contributed by atoms with E-state index in [1.165, 1.54) is 13.2 Å². The molecule has 7 heteroatoms. The Labute approximate surface area is 104 Å². The van der Waals surface area contributed by atoms with Gasteiger partial charge in [-0.15, -0.1) is 13.2 Å². The second-order valence-corrected chi connectivity index (χ2v) is 3.97. The molecule has 1 aromatic carbocycles. The third-order valence-corrected chi connectivity index (χ3v) is 2.04. The monoisotopic (exact) mass is 348 g/mol. The highest BCUT2D eigenvalue weighted by molar-refractivity contribution is 14.1. The van der Waals surface area contributed by atoms with Crippen LogP contribution in [0.5, 0.6) is 11.5 Å². The van der Waals surface area contributed by atoms with Gasteiger partial charge in [-0.25, -0.2) is 0 Å². The van der Waals surface area contributed by atoms with E-state index < -0.39 is 6.36 Å². The van der Waals surface area contributed by atoms with Crippen LogP contribution in [-0.2, 0) is 4.74 Å². The first-order chi connectivity index (χ1) is 7.40. The molecule has 0 unspecified atom stereocenters. The van der Waals surface area contributed by atoms with Crippen LogP contribution in [0.15, 0.2) is 18.2 Å². The van der Waals surface area contributed by atoms with Crippen molar-refractivity contribution in [2.75, 3.05) is 13.9 Å². The molecular formula is C9H8F3IO3. The summed E-state index contributed by atoms with van der Waals surface area (Å²) in [5.41, 5.74) is 0. The Morgan fingerprint density at radius 2 is 1.81 bits per heavy atom. The standard InChI is InChI=1S/C9H8F3IO3/c1-14-5-15-7-2-6(13)3-8(4-7)16-9(10,11)12/h2-4H,5H2,1H3. The van der Waals surface area contributed by atoms with Crippen LogP contribution in [0.3, 0.4) is 0 Å². The summed E-state index contributed by atoms with van der Waals surface area (Å²) in [7, 11) is 1.42. The molecule has 0 saturated carbocycles. The highest BCUT2D eigenvalue weighted by Gasteiger charge is 2.31. The lowest BCUT2D eigenvalue weighted by Crippen LogP contribution is -2.17. The average Bonchev–Trinajstić information content (AvgIpc) is 2.10. The molecule has 0 bridgehead atoms. The number of methoxy groups -OCH3 is 1. The maximum absolute atomic E-state index is 12.0. The molecule has 0 N–H and O–H groups in total. The van der Waals surface area contributed by atoms with Gasteiger partial charge in [0.25, 0.3) is 0 Å². The molecule has 1 aromatic rings. The van der Waals surface area contributed by atoms with E-state index in [4.69, 9.17) is 4.74 Å². The largest absolute Gasteiger partial charge is 0.573 e. The lowest BCUT2D eigenvalue weighted by atomic mass is 10.3. The van der Waals surface area contributed by atoms with Crippen molar-refractivity contribution >= 4 is 22.6 Å². The van der Waals surface area contributed by atoms with Crippen molar-refractivity contribution in [1.82, 2.24) is 0 Å². The Kier molecular flexibility index (Phi) is 4.66. The van der Waals surface area contributed by atoms with Crippen LogP contribution in [0.4, 0.5) is 13.2 Å². The van der Waals surface area contributed by atoms with Gasteiger partial charge in [-0.2, -0.15) is 0 Å². The first kappa shape index (κ1) is 13.4. The molecule has 0 saturated heterocycles. The van der Waals surface area contributed by atoms with Crippen LogP contribution >= 0.6 is 22.6 Å². The highest BCUT2D eigenvalue weighted by Crippen LogP contribution is 2.28. The summed E-state index contributed by atoms with van der Waals surface area (Å²) in [4.78, 5) is 0. The maximum Gasteiger partial charge on any atom is 0.573 e. The van der Waals surface area contributed by atoms with Crippen molar-refractivity contribution in [3.63, 3.8) is 0 Å². The third kappa shape index (κ3) is 4.88. The number of alkyl halides is 3. The maximum atomic E-state index is 12.0. The molecule has 0 atom stereocenters. The summed E-state index contributed by atoms with van der Waals surface area (Å²) in [6.07, 6.45) is -4.71. The van der Waals surface area contributed by atoms with Gasteiger partial charge in [0, 0.05) is 16.7 Å². The zero-order valence-electron chi connectivity index (χ0n) is 8.18. The van der Waals surface area contributed by atoms with Crippen LogP contribution in [0, 0.1) is 3.57 Å². The number of hydrogen-bond acceptors (Lipinski definition) is 3. The van der Waals surface area contributed by atoms with E-state index in [1.54, 1.807) is 6.07 Å². The smallest absolute Gasteiger partial charge is 0.467 e. The van der Waals surface area contributed by atoms with Gasteiger partial charge in [0.2, 0.25) is 0 Å². The van der Waals surface area contributed by atoms with E-state index in [2.05, 4.69) is 9.47 Å². The number of rotatable bonds is 4. The number of hydrogen-bond donors (Lipinski definition) is 0. The SMILES string of the molecule is COCOc1cc(I)cc(OC(F)(F)F)c1. The molecule has 0 amide bonds. The lowest BCUT2D eigenvalue weighted by Gasteiger charge is -2.11. The van der Waals surface area contributed by atoms with E-state index >= 15 is 0 Å². The second kappa shape index (κ2) is 5.58. The molecule has 16 heavy (non-hydrogen) atoms. The second-order valence-electron chi connectivity index (χ2n) is 2.72. The molecule has 0 spiro atoms. The summed E-state index contributed by atoms with van der Waals surface area (Å²) in [5.74, 6) is -0.0569. The first-order valence-electron chi connectivity index (χ1n) is 4.09. The molecule has 0 radical (unpaired) electrons. The van der Waals surface area contributed by atoms with Gasteiger partial charge in [-0.1, -0.05) is 0 Å². The Bertz CT molecular complexity index is 354. The molecule has 0 aromatic heterocycles. The Balaban J connectivity index is 2.81. The number of halogens is 4. The van der Waals surface area contributed by atoms with Gasteiger partial charge in [0.15, 0.2) is 6.79 Å². The minimum absolute atomic E-state index is 0.0362. The van der Waals surface area contributed by atoms with Crippen molar-refractivity contribution in [3.8, 4) is 11.5 Å². The van der Waals surface area contributed by atoms with Gasteiger partial charge < -0.3 is 14.2 Å². The van der Waals surface area contributed by atoms with Gasteiger partial charge in [0.05, 0.1) is 0 Å². The normalized spacial score (nSPS) is 11.3. The zero-order valence-corrected chi connectivity index (χ0v) is 10.3. The summed E-state index contributed by atoms with van der Waals surface area (Å²) in [6.45, 7) is -0.0362. The van der Waals surface area contributed by atoms with Gasteiger partial charge in [0.1, 0.15) is 11.5 Å². The van der Waals surface area contributed by atoms with E-state index in [1.807, 2.05) is 22.6 Å². The predicted molar refractivity (Wildman–Crippen MR) is 58.3 cm³/mol. The quantitative estimate of drug-likeness (QED) is 0.618. The Morgan fingerprint density at radius 3 is 2.38 bits per heavy atom. The summed E-state index contributed by atoms with van der Waals surface area (Å²) in [6, 6.07) is 3.98. The molecule has 1 rings (SSSR count). The van der Waals surface area contributed by atoms with Crippen molar-refractivity contribution in [2.24, 2.45) is 0 Å². The lowest BCUT2D eigenvalue weighted by molar-refractivity contribution is -0.274. The van der Waals surface area contributed by atoms with Crippen molar-refractivity contribution in [1.29, 1.82) is 0 Å². The summed E-state index contributed by atoms with van der Waals surface area (Å²) < 4.78 is 49.9. The molecule has 0 aliphatic rings. The fourth-order valence-electron chi connectivity index (χ4n) is 0.940. The minimum Gasteiger partial charge on any atom is -0.467 e. The van der Waals surface area contributed by atoms with E-state index in [9.17, 15) is 13.2 Å². The van der Waals surface area contributed by atoms with E-state index in [-0.39, 0.29) is 18.3 Å². The Morgan fingerprint density at radius 1 is 1.19 bits per heavy atom. The fraction of sp³-hybridized carbons (Fsp3) is 0.333. The van der Waals surface area contributed by atoms with Gasteiger partial charge in [-0.3, -0.25) is 0 Å². The molecule has 0 aliphatic carbocycles. The highest BCUT2D eigenvalue weighted by atomic mass is 127. The molecule has 0 heterocycles. The van der Waals surface area contributed by atoms with E-state index in [0.29, 0.717) is 3.57 Å². The van der Waals surface area contributed by atoms with Gasteiger partial charge in [-0.05, 0) is 34.7 Å². The fourth-order valence-corrected chi connectivity index (χ4v) is 1.55. The molecule has 0 aliphatic heterocycles.